The van der Waals surface area contributed by atoms with Crippen molar-refractivity contribution in [3.63, 3.8) is 0 Å². The van der Waals surface area contributed by atoms with Gasteiger partial charge in [-0.25, -0.2) is 14.3 Å². The molecule has 0 aliphatic carbocycles. The number of benzene rings is 4. The SMILES string of the molecule is C#Cc1ccc(N2CCOCCOCCOCCOCCOCC2)cc1.CCC(CC)c1ccc2oc(=O)c(-n3cc(-c4ccc(N5CCOCCOCCOCCOCCOCC5)cc4)nn3)cc2c1.CCN(CC)c1ccc2cc(N=[N+]=[N-])c(=O)oc2c1. The van der Waals surface area contributed by atoms with Gasteiger partial charge in [0.2, 0.25) is 0 Å². The highest BCUT2D eigenvalue weighted by molar-refractivity contribution is 5.83. The van der Waals surface area contributed by atoms with Crippen LogP contribution in [0.15, 0.2) is 127 Å². The van der Waals surface area contributed by atoms with Crippen LogP contribution in [0.5, 0.6) is 0 Å². The van der Waals surface area contributed by atoms with Crippen molar-refractivity contribution in [1.82, 2.24) is 15.0 Å². The Morgan fingerprint density at radius 1 is 0.544 bits per heavy atom. The second-order valence-corrected chi connectivity index (χ2v) is 20.6. The third-order valence-electron chi connectivity index (χ3n) is 14.8. The van der Waals surface area contributed by atoms with Crippen molar-refractivity contribution in [2.45, 2.75) is 46.5 Å². The molecule has 0 unspecified atom stereocenters. The van der Waals surface area contributed by atoms with Crippen LogP contribution in [0.1, 0.15) is 57.6 Å². The van der Waals surface area contributed by atoms with Crippen molar-refractivity contribution in [2.24, 2.45) is 5.11 Å². The molecule has 0 bridgehead atoms. The van der Waals surface area contributed by atoms with E-state index in [1.807, 2.05) is 72.8 Å². The third-order valence-corrected chi connectivity index (χ3v) is 14.8. The van der Waals surface area contributed by atoms with E-state index in [1.54, 1.807) is 6.20 Å². The molecule has 7 aromatic rings. The van der Waals surface area contributed by atoms with Crippen LogP contribution in [0, 0.1) is 12.3 Å². The highest BCUT2D eigenvalue weighted by Gasteiger charge is 2.16. The maximum atomic E-state index is 12.9. The maximum absolute atomic E-state index is 12.9. The lowest BCUT2D eigenvalue weighted by molar-refractivity contribution is -0.0116. The predicted octanol–water partition coefficient (Wildman–Crippen LogP) is 10.00. The van der Waals surface area contributed by atoms with Gasteiger partial charge in [0.1, 0.15) is 22.5 Å². The number of azide groups is 1. The zero-order valence-electron chi connectivity index (χ0n) is 52.5. The maximum Gasteiger partial charge on any atom is 0.362 e. The van der Waals surface area contributed by atoms with Crippen molar-refractivity contribution in [3.05, 3.63) is 146 Å². The summed E-state index contributed by atoms with van der Waals surface area (Å²) in [5.41, 5.74) is 15.4. The molecule has 2 saturated heterocycles. The lowest BCUT2D eigenvalue weighted by Crippen LogP contribution is -2.31. The molecule has 0 spiro atoms. The van der Waals surface area contributed by atoms with Crippen LogP contribution in [0.4, 0.5) is 22.7 Å². The van der Waals surface area contributed by atoms with Gasteiger partial charge >= 0.3 is 11.3 Å². The Hall–Kier alpha value is -7.69. The summed E-state index contributed by atoms with van der Waals surface area (Å²) < 4.78 is 68.2. The van der Waals surface area contributed by atoms with E-state index in [4.69, 9.17) is 68.2 Å². The smallest absolute Gasteiger partial charge is 0.362 e. The summed E-state index contributed by atoms with van der Waals surface area (Å²) in [4.78, 5) is 33.7. The molecule has 0 amide bonds. The molecule has 2 aliphatic heterocycles. The van der Waals surface area contributed by atoms with Crippen LogP contribution >= 0.6 is 0 Å². The normalized spacial score (nSPS) is 16.4. The third kappa shape index (κ3) is 23.0. The first-order valence-corrected chi connectivity index (χ1v) is 31.1. The summed E-state index contributed by atoms with van der Waals surface area (Å²) in [6, 6.07) is 31.1. The summed E-state index contributed by atoms with van der Waals surface area (Å²) >= 11 is 0. The molecule has 0 atom stereocenters. The van der Waals surface area contributed by atoms with Crippen LogP contribution in [0.25, 0.3) is 49.3 Å². The van der Waals surface area contributed by atoms with E-state index in [0.29, 0.717) is 174 Å². The van der Waals surface area contributed by atoms with Crippen molar-refractivity contribution >= 4 is 44.7 Å². The van der Waals surface area contributed by atoms with E-state index in [-0.39, 0.29) is 5.69 Å². The molecule has 5 heterocycles. The van der Waals surface area contributed by atoms with Gasteiger partial charge in [0.25, 0.3) is 0 Å². The predicted molar refractivity (Wildman–Crippen MR) is 348 cm³/mol. The zero-order chi connectivity index (χ0) is 63.4. The monoisotopic (exact) mass is 1240 g/mol. The number of fused-ring (bicyclic) bond motifs is 2. The van der Waals surface area contributed by atoms with Gasteiger partial charge in [-0.15, -0.1) is 11.5 Å². The molecule has 0 radical (unpaired) electrons. The first-order chi connectivity index (χ1) is 44.2. The number of anilines is 3. The molecule has 3 aromatic heterocycles. The van der Waals surface area contributed by atoms with Gasteiger partial charge < -0.3 is 70.9 Å². The number of aromatic nitrogens is 3. The Morgan fingerprint density at radius 2 is 1.01 bits per heavy atom. The van der Waals surface area contributed by atoms with Crippen molar-refractivity contribution < 1.29 is 56.2 Å². The summed E-state index contributed by atoms with van der Waals surface area (Å²) in [6.07, 6.45) is 9.29. The molecule has 90 heavy (non-hydrogen) atoms. The molecule has 23 nitrogen and oxygen atoms in total. The quantitative estimate of drug-likeness (QED) is 0.0384. The lowest BCUT2D eigenvalue weighted by atomic mass is 9.93. The molecule has 2 aliphatic rings. The summed E-state index contributed by atoms with van der Waals surface area (Å²) in [5.74, 6) is 3.11. The van der Waals surface area contributed by atoms with Gasteiger partial charge in [0.15, 0.2) is 5.69 Å². The largest absolute Gasteiger partial charge is 0.422 e. The van der Waals surface area contributed by atoms with E-state index < -0.39 is 11.3 Å². The van der Waals surface area contributed by atoms with Crippen LogP contribution in [0.3, 0.4) is 0 Å². The summed E-state index contributed by atoms with van der Waals surface area (Å²) in [7, 11) is 0. The molecule has 484 valence electrons. The number of hydrogen-bond acceptors (Lipinski definition) is 20. The minimum absolute atomic E-state index is 0.0226. The number of nitrogens with zero attached hydrogens (tertiary/aromatic N) is 9. The van der Waals surface area contributed by atoms with Crippen LogP contribution in [0.2, 0.25) is 0 Å². The summed E-state index contributed by atoms with van der Waals surface area (Å²) in [6.45, 7) is 24.4. The standard InChI is InChI=1S/C34H44N4O7.C20H29NO5.C13H14N4O2/c1-3-26(4-2)28-7-10-33-29(23-28)24-32(34(39)45-33)38-25-31(35-36-38)27-5-8-30(9-6-27)37-11-13-40-15-17-42-19-21-44-22-20-43-18-16-41-14-12-37;1-2-19-3-5-20(6-4-19)21-7-9-22-11-13-24-15-17-26-18-16-25-14-12-23-10-8-21;1-3-17(4-2)10-6-5-9-7-11(15-16-14)13(18)19-12(9)8-10/h5-10,23-26H,3-4,11-22H2,1-2H3;1,3-6H,7-18H2;5-8H,3-4H2,1-2H3. The highest BCUT2D eigenvalue weighted by Crippen LogP contribution is 2.28. The number of ether oxygens (including phenoxy) is 10. The fraction of sp³-hybridized carbons (Fsp3) is 0.493. The molecule has 4 aromatic carbocycles. The second kappa shape index (κ2) is 40.1. The average molecular weight is 1240 g/mol. The number of terminal acetylenes is 1. The van der Waals surface area contributed by atoms with Gasteiger partial charge in [-0.2, -0.15) is 0 Å². The molecule has 0 saturated carbocycles. The van der Waals surface area contributed by atoms with Gasteiger partial charge in [-0.3, -0.25) is 0 Å². The molecule has 23 heteroatoms. The van der Waals surface area contributed by atoms with Gasteiger partial charge in [0.05, 0.1) is 138 Å². The van der Waals surface area contributed by atoms with Gasteiger partial charge in [0, 0.05) is 89.2 Å². The van der Waals surface area contributed by atoms with Crippen LogP contribution < -0.4 is 26.0 Å². The topological polar surface area (TPSA) is 242 Å². The van der Waals surface area contributed by atoms with Crippen molar-refractivity contribution in [3.8, 4) is 29.3 Å². The fourth-order valence-electron chi connectivity index (χ4n) is 9.82. The molecule has 9 rings (SSSR count). The average Bonchev–Trinajstić information content (AvgIpc) is 2.08. The molecular weight excluding hydrogens is 1150 g/mol. The number of hydrogen-bond donors (Lipinski definition) is 0. The minimum atomic E-state index is -0.623. The van der Waals surface area contributed by atoms with E-state index in [1.165, 1.54) is 16.3 Å². The van der Waals surface area contributed by atoms with Gasteiger partial charge in [-0.1, -0.05) is 48.3 Å². The molecule has 2 fully saturated rings. The first-order valence-electron chi connectivity index (χ1n) is 31.1. The first kappa shape index (κ1) is 69.8. The second-order valence-electron chi connectivity index (χ2n) is 20.6. The Balaban J connectivity index is 0.000000215. The molecular formula is C67H87N9O14. The van der Waals surface area contributed by atoms with E-state index in [2.05, 4.69) is 86.9 Å². The zero-order valence-corrected chi connectivity index (χ0v) is 52.5. The highest BCUT2D eigenvalue weighted by atomic mass is 16.6. The Bertz CT molecular complexity index is 3360. The fourth-order valence-corrected chi connectivity index (χ4v) is 9.82. The van der Waals surface area contributed by atoms with E-state index in [0.717, 1.165) is 78.0 Å². The van der Waals surface area contributed by atoms with Crippen LogP contribution in [-0.2, 0) is 47.4 Å². The van der Waals surface area contributed by atoms with E-state index >= 15 is 0 Å². The van der Waals surface area contributed by atoms with Crippen molar-refractivity contribution in [2.75, 3.05) is 186 Å². The lowest BCUT2D eigenvalue weighted by Gasteiger charge is -2.25. The summed E-state index contributed by atoms with van der Waals surface area (Å²) in [5, 5.41) is 13.5. The van der Waals surface area contributed by atoms with Gasteiger partial charge in [-0.05, 0) is 116 Å². The number of rotatable bonds is 11. The van der Waals surface area contributed by atoms with E-state index in [9.17, 15) is 9.59 Å². The minimum Gasteiger partial charge on any atom is -0.422 e. The Morgan fingerprint density at radius 3 is 1.47 bits per heavy atom. The Kier molecular flexibility index (Phi) is 31.1. The van der Waals surface area contributed by atoms with Crippen LogP contribution in [-0.4, -0.2) is 186 Å². The Labute approximate surface area is 526 Å². The molecule has 0 N–H and O–H groups in total. The van der Waals surface area contributed by atoms with Crippen molar-refractivity contribution in [1.29, 1.82) is 0 Å².